The highest BCUT2D eigenvalue weighted by molar-refractivity contribution is 6.30. The van der Waals surface area contributed by atoms with Crippen LogP contribution in [0.2, 0.25) is 5.02 Å². The molecule has 0 aliphatic rings. The number of ether oxygens (including phenoxy) is 1. The summed E-state index contributed by atoms with van der Waals surface area (Å²) in [5.41, 5.74) is 0.739. The van der Waals surface area contributed by atoms with E-state index in [1.807, 2.05) is 0 Å². The Morgan fingerprint density at radius 2 is 2.19 bits per heavy atom. The first-order valence-corrected chi connectivity index (χ1v) is 6.55. The zero-order valence-corrected chi connectivity index (χ0v) is 12.3. The molecule has 110 valence electrons. The minimum atomic E-state index is -0.372. The van der Waals surface area contributed by atoms with Crippen LogP contribution in [0.1, 0.15) is 5.69 Å². The van der Waals surface area contributed by atoms with Crippen molar-refractivity contribution in [2.45, 2.75) is 13.5 Å². The molecule has 0 saturated carbocycles. The van der Waals surface area contributed by atoms with Gasteiger partial charge in [0.2, 0.25) is 5.91 Å². The highest BCUT2D eigenvalue weighted by Crippen LogP contribution is 2.15. The predicted molar refractivity (Wildman–Crippen MR) is 79.9 cm³/mol. The summed E-state index contributed by atoms with van der Waals surface area (Å²) < 4.78 is 6.19. The minimum Gasteiger partial charge on any atom is -0.468 e. The summed E-state index contributed by atoms with van der Waals surface area (Å²) in [5.74, 6) is -0.372. The van der Waals surface area contributed by atoms with E-state index in [0.717, 1.165) is 4.57 Å². The van der Waals surface area contributed by atoms with Crippen molar-refractivity contribution in [2.24, 2.45) is 0 Å². The van der Waals surface area contributed by atoms with Gasteiger partial charge in [-0.15, -0.1) is 0 Å². The van der Waals surface area contributed by atoms with Crippen molar-refractivity contribution in [1.82, 2.24) is 9.55 Å². The summed E-state index contributed by atoms with van der Waals surface area (Å²) in [5, 5.41) is 3.17. The fourth-order valence-electron chi connectivity index (χ4n) is 1.81. The third-order valence-corrected chi connectivity index (χ3v) is 2.93. The lowest BCUT2D eigenvalue weighted by atomic mass is 10.3. The molecular weight excluding hydrogens is 294 g/mol. The van der Waals surface area contributed by atoms with E-state index in [1.54, 1.807) is 31.2 Å². The number of hydrogen-bond donors (Lipinski definition) is 1. The van der Waals surface area contributed by atoms with E-state index >= 15 is 0 Å². The third-order valence-electron chi connectivity index (χ3n) is 2.69. The highest BCUT2D eigenvalue weighted by Gasteiger charge is 2.12. The van der Waals surface area contributed by atoms with Crippen LogP contribution in [0.3, 0.4) is 0 Å². The van der Waals surface area contributed by atoms with Crippen molar-refractivity contribution in [1.29, 1.82) is 0 Å². The summed E-state index contributed by atoms with van der Waals surface area (Å²) in [4.78, 5) is 28.0. The lowest BCUT2D eigenvalue weighted by Gasteiger charge is -2.11. The number of amides is 1. The summed E-state index contributed by atoms with van der Waals surface area (Å²) in [6, 6.07) is 8.19. The van der Waals surface area contributed by atoms with Gasteiger partial charge in [-0.3, -0.25) is 14.2 Å². The second kappa shape index (κ2) is 6.41. The Morgan fingerprint density at radius 1 is 1.43 bits per heavy atom. The number of carbonyl (C=O) groups excluding carboxylic acids is 1. The number of hydrogen-bond acceptors (Lipinski definition) is 4. The molecule has 21 heavy (non-hydrogen) atoms. The van der Waals surface area contributed by atoms with Crippen molar-refractivity contribution in [3.05, 3.63) is 51.4 Å². The van der Waals surface area contributed by atoms with Gasteiger partial charge in [-0.2, -0.15) is 0 Å². The normalized spacial score (nSPS) is 10.2. The summed E-state index contributed by atoms with van der Waals surface area (Å²) in [6.07, 6.45) is 0. The van der Waals surface area contributed by atoms with Gasteiger partial charge in [0.15, 0.2) is 0 Å². The van der Waals surface area contributed by atoms with Gasteiger partial charge in [-0.05, 0) is 25.1 Å². The van der Waals surface area contributed by atoms with Gasteiger partial charge in [0.25, 0.3) is 11.6 Å². The van der Waals surface area contributed by atoms with E-state index in [9.17, 15) is 9.59 Å². The van der Waals surface area contributed by atoms with Crippen LogP contribution in [-0.4, -0.2) is 22.6 Å². The van der Waals surface area contributed by atoms with Crippen molar-refractivity contribution in [2.75, 3.05) is 12.4 Å². The second-order valence-electron chi connectivity index (χ2n) is 4.37. The molecule has 1 N–H and O–H groups in total. The molecule has 0 aliphatic heterocycles. The van der Waals surface area contributed by atoms with Gasteiger partial charge in [-0.25, -0.2) is 4.98 Å². The maximum absolute atomic E-state index is 12.0. The Bertz CT molecular complexity index is 728. The van der Waals surface area contributed by atoms with E-state index < -0.39 is 0 Å². The molecule has 0 unspecified atom stereocenters. The molecule has 6 nitrogen and oxygen atoms in total. The molecule has 0 spiro atoms. The monoisotopic (exact) mass is 307 g/mol. The first kappa shape index (κ1) is 15.1. The van der Waals surface area contributed by atoms with Gasteiger partial charge >= 0.3 is 0 Å². The van der Waals surface area contributed by atoms with Crippen LogP contribution >= 0.6 is 11.6 Å². The average molecular weight is 308 g/mol. The second-order valence-corrected chi connectivity index (χ2v) is 4.80. The van der Waals surface area contributed by atoms with E-state index in [2.05, 4.69) is 10.3 Å². The number of nitrogens with zero attached hydrogens (tertiary/aromatic N) is 2. The number of carbonyl (C=O) groups is 1. The number of rotatable bonds is 4. The van der Waals surface area contributed by atoms with E-state index in [1.165, 1.54) is 13.2 Å². The number of aromatic nitrogens is 2. The molecule has 1 aromatic carbocycles. The number of benzene rings is 1. The quantitative estimate of drug-likeness (QED) is 0.935. The summed E-state index contributed by atoms with van der Waals surface area (Å²) >= 11 is 5.84. The maximum Gasteiger partial charge on any atom is 0.299 e. The summed E-state index contributed by atoms with van der Waals surface area (Å²) in [6.45, 7) is 1.49. The SMILES string of the molecule is COc1nc(C)cc(=O)n1CC(=O)Nc1cccc(Cl)c1. The molecule has 0 radical (unpaired) electrons. The summed E-state index contributed by atoms with van der Waals surface area (Å²) in [7, 11) is 1.40. The molecule has 1 heterocycles. The Kier molecular flexibility index (Phi) is 4.59. The van der Waals surface area contributed by atoms with Gasteiger partial charge in [0.05, 0.1) is 7.11 Å². The van der Waals surface area contributed by atoms with Crippen LogP contribution in [0, 0.1) is 6.92 Å². The van der Waals surface area contributed by atoms with E-state index in [4.69, 9.17) is 16.3 Å². The number of methoxy groups -OCH3 is 1. The molecule has 0 fully saturated rings. The number of halogens is 1. The Morgan fingerprint density at radius 3 is 2.86 bits per heavy atom. The first-order chi connectivity index (χ1) is 9.99. The molecule has 0 saturated heterocycles. The van der Waals surface area contributed by atoms with Crippen molar-refractivity contribution < 1.29 is 9.53 Å². The Balaban J connectivity index is 2.18. The van der Waals surface area contributed by atoms with Crippen LogP contribution in [-0.2, 0) is 11.3 Å². The van der Waals surface area contributed by atoms with Crippen LogP contribution in [0.25, 0.3) is 0 Å². The van der Waals surface area contributed by atoms with Crippen molar-refractivity contribution >= 4 is 23.2 Å². The van der Waals surface area contributed by atoms with Crippen LogP contribution in [0.4, 0.5) is 5.69 Å². The average Bonchev–Trinajstić information content (AvgIpc) is 2.41. The third kappa shape index (κ3) is 3.82. The smallest absolute Gasteiger partial charge is 0.299 e. The fraction of sp³-hybridized carbons (Fsp3) is 0.214. The minimum absolute atomic E-state index is 0.0984. The standard InChI is InChI=1S/C14H14ClN3O3/c1-9-6-13(20)18(14(16-9)21-2)8-12(19)17-11-5-3-4-10(15)7-11/h3-7H,8H2,1-2H3,(H,17,19). The van der Waals surface area contributed by atoms with Gasteiger partial charge in [0, 0.05) is 22.5 Å². The van der Waals surface area contributed by atoms with Gasteiger partial charge < -0.3 is 10.1 Å². The molecule has 1 amide bonds. The molecule has 0 atom stereocenters. The molecular formula is C14H14ClN3O3. The maximum atomic E-state index is 12.0. The van der Waals surface area contributed by atoms with Crippen molar-refractivity contribution in [3.8, 4) is 6.01 Å². The topological polar surface area (TPSA) is 73.2 Å². The first-order valence-electron chi connectivity index (χ1n) is 6.17. The molecule has 2 rings (SSSR count). The molecule has 7 heteroatoms. The molecule has 1 aromatic heterocycles. The Labute approximate surface area is 126 Å². The predicted octanol–water partition coefficient (Wildman–Crippen LogP) is 1.85. The van der Waals surface area contributed by atoms with Crippen molar-refractivity contribution in [3.63, 3.8) is 0 Å². The van der Waals surface area contributed by atoms with Gasteiger partial charge in [0.1, 0.15) is 6.54 Å². The van der Waals surface area contributed by atoms with E-state index in [-0.39, 0.29) is 24.0 Å². The zero-order chi connectivity index (χ0) is 15.4. The van der Waals surface area contributed by atoms with Crippen LogP contribution in [0.15, 0.2) is 35.1 Å². The van der Waals surface area contributed by atoms with Gasteiger partial charge in [-0.1, -0.05) is 17.7 Å². The zero-order valence-electron chi connectivity index (χ0n) is 11.6. The fourth-order valence-corrected chi connectivity index (χ4v) is 2.00. The molecule has 0 aliphatic carbocycles. The largest absolute Gasteiger partial charge is 0.468 e. The van der Waals surface area contributed by atoms with Crippen LogP contribution in [0.5, 0.6) is 6.01 Å². The highest BCUT2D eigenvalue weighted by atomic mass is 35.5. The molecule has 0 bridgehead atoms. The lowest BCUT2D eigenvalue weighted by Crippen LogP contribution is -2.29. The lowest BCUT2D eigenvalue weighted by molar-refractivity contribution is -0.116. The molecule has 2 aromatic rings. The number of nitrogens with one attached hydrogen (secondary N) is 1. The van der Waals surface area contributed by atoms with Crippen LogP contribution < -0.4 is 15.6 Å². The number of anilines is 1. The van der Waals surface area contributed by atoms with E-state index in [0.29, 0.717) is 16.4 Å². The Hall–Kier alpha value is -2.34. The number of aryl methyl sites for hydroxylation is 1.